The van der Waals surface area contributed by atoms with Crippen LogP contribution in [0.4, 0.5) is 5.69 Å². The number of anilines is 1. The van der Waals surface area contributed by atoms with E-state index in [-0.39, 0.29) is 36.1 Å². The van der Waals surface area contributed by atoms with E-state index < -0.39 is 0 Å². The van der Waals surface area contributed by atoms with Gasteiger partial charge in [0.15, 0.2) is 0 Å². The van der Waals surface area contributed by atoms with E-state index in [1.807, 2.05) is 4.90 Å². The molecule has 3 rings (SSSR count). The first-order chi connectivity index (χ1) is 12.9. The van der Waals surface area contributed by atoms with Gasteiger partial charge in [-0.15, -0.1) is 0 Å². The van der Waals surface area contributed by atoms with Gasteiger partial charge in [0.25, 0.3) is 5.91 Å². The van der Waals surface area contributed by atoms with Crippen molar-refractivity contribution in [2.24, 2.45) is 17.8 Å². The van der Waals surface area contributed by atoms with Gasteiger partial charge in [-0.05, 0) is 42.5 Å². The minimum absolute atomic E-state index is 0.0936. The van der Waals surface area contributed by atoms with Gasteiger partial charge in [-0.3, -0.25) is 14.4 Å². The Morgan fingerprint density at radius 2 is 1.81 bits per heavy atom. The third kappa shape index (κ3) is 4.15. The van der Waals surface area contributed by atoms with E-state index in [0.717, 1.165) is 12.8 Å². The molecule has 0 spiro atoms. The van der Waals surface area contributed by atoms with Crippen molar-refractivity contribution in [3.63, 3.8) is 0 Å². The van der Waals surface area contributed by atoms with Gasteiger partial charge in [0.2, 0.25) is 11.8 Å². The topological polar surface area (TPSA) is 78.5 Å². The highest BCUT2D eigenvalue weighted by molar-refractivity contribution is 5.98. The number of hydrogen-bond acceptors (Lipinski definition) is 3. The zero-order valence-electron chi connectivity index (χ0n) is 16.3. The first kappa shape index (κ1) is 19.4. The Morgan fingerprint density at radius 3 is 2.48 bits per heavy atom. The van der Waals surface area contributed by atoms with Crippen molar-refractivity contribution >= 4 is 23.4 Å². The van der Waals surface area contributed by atoms with Gasteiger partial charge in [0, 0.05) is 37.3 Å². The van der Waals surface area contributed by atoms with Crippen molar-refractivity contribution in [1.82, 2.24) is 10.2 Å². The summed E-state index contributed by atoms with van der Waals surface area (Å²) in [6.07, 6.45) is 3.68. The van der Waals surface area contributed by atoms with E-state index in [9.17, 15) is 14.4 Å². The number of benzene rings is 1. The third-order valence-electron chi connectivity index (χ3n) is 6.24. The second-order valence-corrected chi connectivity index (χ2v) is 7.93. The van der Waals surface area contributed by atoms with Crippen molar-refractivity contribution in [3.05, 3.63) is 29.8 Å². The molecule has 0 bridgehead atoms. The lowest BCUT2D eigenvalue weighted by Gasteiger charge is -2.40. The van der Waals surface area contributed by atoms with Gasteiger partial charge in [-0.1, -0.05) is 26.7 Å². The molecule has 1 saturated heterocycles. The molecule has 2 N–H and O–H groups in total. The van der Waals surface area contributed by atoms with Gasteiger partial charge in [-0.25, -0.2) is 0 Å². The molecule has 1 aromatic rings. The zero-order chi connectivity index (χ0) is 19.6. The lowest BCUT2D eigenvalue weighted by molar-refractivity contribution is -0.131. The number of rotatable bonds is 4. The highest BCUT2D eigenvalue weighted by Crippen LogP contribution is 2.35. The Labute approximate surface area is 160 Å². The summed E-state index contributed by atoms with van der Waals surface area (Å²) in [4.78, 5) is 38.7. The van der Waals surface area contributed by atoms with Crippen molar-refractivity contribution in [1.29, 1.82) is 0 Å². The van der Waals surface area contributed by atoms with Crippen LogP contribution in [0.1, 0.15) is 49.9 Å². The molecule has 6 heteroatoms. The second-order valence-electron chi connectivity index (χ2n) is 7.93. The van der Waals surface area contributed by atoms with Gasteiger partial charge in [0.05, 0.1) is 5.92 Å². The summed E-state index contributed by atoms with van der Waals surface area (Å²) in [5.74, 6) is 0.567. The average molecular weight is 371 g/mol. The van der Waals surface area contributed by atoms with Gasteiger partial charge in [0.1, 0.15) is 0 Å². The van der Waals surface area contributed by atoms with Crippen LogP contribution in [0.5, 0.6) is 0 Å². The zero-order valence-corrected chi connectivity index (χ0v) is 16.3. The van der Waals surface area contributed by atoms with Crippen LogP contribution in [-0.4, -0.2) is 42.3 Å². The van der Waals surface area contributed by atoms with Crippen molar-refractivity contribution in [2.45, 2.75) is 45.6 Å². The van der Waals surface area contributed by atoms with E-state index >= 15 is 0 Å². The molecular formula is C21H29N3O3. The highest BCUT2D eigenvalue weighted by atomic mass is 16.2. The maximum atomic E-state index is 12.6. The van der Waals surface area contributed by atoms with E-state index in [0.29, 0.717) is 29.6 Å². The Bertz CT molecular complexity index is 716. The smallest absolute Gasteiger partial charge is 0.251 e. The summed E-state index contributed by atoms with van der Waals surface area (Å²) in [6, 6.07) is 7.02. The maximum absolute atomic E-state index is 12.6. The summed E-state index contributed by atoms with van der Waals surface area (Å²) < 4.78 is 0. The monoisotopic (exact) mass is 371 g/mol. The lowest BCUT2D eigenvalue weighted by Crippen LogP contribution is -2.45. The van der Waals surface area contributed by atoms with Crippen LogP contribution in [0.3, 0.4) is 0 Å². The van der Waals surface area contributed by atoms with E-state index in [1.54, 1.807) is 31.3 Å². The molecule has 1 saturated carbocycles. The fourth-order valence-corrected chi connectivity index (χ4v) is 4.32. The van der Waals surface area contributed by atoms with Crippen LogP contribution in [0.25, 0.3) is 0 Å². The summed E-state index contributed by atoms with van der Waals surface area (Å²) in [5, 5.41) is 5.45. The molecule has 0 radical (unpaired) electrons. The first-order valence-corrected chi connectivity index (χ1v) is 9.83. The fourth-order valence-electron chi connectivity index (χ4n) is 4.32. The average Bonchev–Trinajstić information content (AvgIpc) is 3.05. The number of nitrogens with one attached hydrogen (secondary N) is 2. The van der Waals surface area contributed by atoms with E-state index in [2.05, 4.69) is 24.5 Å². The molecule has 146 valence electrons. The Morgan fingerprint density at radius 1 is 1.11 bits per heavy atom. The molecule has 0 aromatic heterocycles. The molecule has 1 aliphatic heterocycles. The standard InChI is InChI=1S/C21H29N3O3/c1-13-5-4-6-18(14(13)2)24-12-16(11-19(24)25)21(27)23-17-9-7-15(8-10-17)20(26)22-3/h7-10,13-14,16,18H,4-6,11-12H2,1-3H3,(H,22,26)(H,23,27)/t13-,14-,16-,18-/m1/s1. The Hall–Kier alpha value is -2.37. The number of carbonyl (C=O) groups is 3. The summed E-state index contributed by atoms with van der Waals surface area (Å²) >= 11 is 0. The molecule has 2 fully saturated rings. The molecule has 2 aliphatic rings. The molecule has 27 heavy (non-hydrogen) atoms. The van der Waals surface area contributed by atoms with Crippen LogP contribution >= 0.6 is 0 Å². The minimum atomic E-state index is -0.319. The Kier molecular flexibility index (Phi) is 5.82. The number of amides is 3. The van der Waals surface area contributed by atoms with E-state index in [1.165, 1.54) is 6.42 Å². The quantitative estimate of drug-likeness (QED) is 0.854. The molecular weight excluding hydrogens is 342 g/mol. The summed E-state index contributed by atoms with van der Waals surface area (Å²) in [5.41, 5.74) is 1.18. The number of likely N-dealkylation sites (tertiary alicyclic amines) is 1. The van der Waals surface area contributed by atoms with Crippen LogP contribution in [0, 0.1) is 17.8 Å². The van der Waals surface area contributed by atoms with Crippen LogP contribution < -0.4 is 10.6 Å². The van der Waals surface area contributed by atoms with Crippen molar-refractivity contribution in [3.8, 4) is 0 Å². The van der Waals surface area contributed by atoms with Gasteiger partial charge >= 0.3 is 0 Å². The fraction of sp³-hybridized carbons (Fsp3) is 0.571. The normalized spacial score (nSPS) is 28.1. The molecule has 0 unspecified atom stereocenters. The Balaban J connectivity index is 1.61. The number of nitrogens with zero attached hydrogens (tertiary/aromatic N) is 1. The molecule has 4 atom stereocenters. The highest BCUT2D eigenvalue weighted by Gasteiger charge is 2.41. The summed E-state index contributed by atoms with van der Waals surface area (Å²) in [6.45, 7) is 4.98. The van der Waals surface area contributed by atoms with Crippen molar-refractivity contribution < 1.29 is 14.4 Å². The van der Waals surface area contributed by atoms with Gasteiger partial charge < -0.3 is 15.5 Å². The number of carbonyl (C=O) groups excluding carboxylic acids is 3. The first-order valence-electron chi connectivity index (χ1n) is 9.83. The second kappa shape index (κ2) is 8.11. The SMILES string of the molecule is CNC(=O)c1ccc(NC(=O)[C@@H]2CC(=O)N([C@@H]3CCC[C@@H](C)[C@H]3C)C2)cc1. The lowest BCUT2D eigenvalue weighted by atomic mass is 9.77. The number of hydrogen-bond donors (Lipinski definition) is 2. The van der Waals surface area contributed by atoms with Crippen LogP contribution in [-0.2, 0) is 9.59 Å². The minimum Gasteiger partial charge on any atom is -0.355 e. The predicted octanol–water partition coefficient (Wildman–Crippen LogP) is 2.66. The third-order valence-corrected chi connectivity index (χ3v) is 6.24. The van der Waals surface area contributed by atoms with Crippen molar-refractivity contribution in [2.75, 3.05) is 18.9 Å². The summed E-state index contributed by atoms with van der Waals surface area (Å²) in [7, 11) is 1.58. The molecule has 6 nitrogen and oxygen atoms in total. The van der Waals surface area contributed by atoms with Crippen LogP contribution in [0.2, 0.25) is 0 Å². The predicted molar refractivity (Wildman–Crippen MR) is 104 cm³/mol. The molecule has 1 heterocycles. The molecule has 1 aromatic carbocycles. The van der Waals surface area contributed by atoms with E-state index in [4.69, 9.17) is 0 Å². The maximum Gasteiger partial charge on any atom is 0.251 e. The molecule has 3 amide bonds. The van der Waals surface area contributed by atoms with Gasteiger partial charge in [-0.2, -0.15) is 0 Å². The van der Waals surface area contributed by atoms with Crippen LogP contribution in [0.15, 0.2) is 24.3 Å². The largest absolute Gasteiger partial charge is 0.355 e. The molecule has 1 aliphatic carbocycles.